The summed E-state index contributed by atoms with van der Waals surface area (Å²) in [6, 6.07) is 5.61. The van der Waals surface area contributed by atoms with Gasteiger partial charge < -0.3 is 31.0 Å². The molecule has 2 aromatic rings. The van der Waals surface area contributed by atoms with Gasteiger partial charge in [0.05, 0.1) is 19.4 Å². The van der Waals surface area contributed by atoms with Gasteiger partial charge in [0.25, 0.3) is 0 Å². The van der Waals surface area contributed by atoms with E-state index in [-0.39, 0.29) is 35.2 Å². The van der Waals surface area contributed by atoms with E-state index < -0.39 is 0 Å². The molecule has 1 heterocycles. The Morgan fingerprint density at radius 2 is 1.73 bits per heavy atom. The topological polar surface area (TPSA) is 140 Å². The van der Waals surface area contributed by atoms with Crippen molar-refractivity contribution in [3.05, 3.63) is 35.7 Å². The molecule has 10 nitrogen and oxygen atoms in total. The number of aryl methyl sites for hydroxylation is 1. The Kier molecular flexibility index (Phi) is 16.3. The molecule has 0 radical (unpaired) electrons. The summed E-state index contributed by atoms with van der Waals surface area (Å²) >= 11 is 0. The van der Waals surface area contributed by atoms with Crippen LogP contribution in [0.1, 0.15) is 85.4 Å². The van der Waals surface area contributed by atoms with Crippen molar-refractivity contribution in [3.63, 3.8) is 0 Å². The first kappa shape index (κ1) is 38.5. The van der Waals surface area contributed by atoms with Gasteiger partial charge in [-0.05, 0) is 61.1 Å². The molecule has 256 valence electrons. The van der Waals surface area contributed by atoms with Crippen LogP contribution in [-0.2, 0) is 28.9 Å². The molecular weight excluding hydrogens is 568 g/mol. The minimum absolute atomic E-state index is 0.0302. The highest BCUT2D eigenvalue weighted by Crippen LogP contribution is 2.31. The van der Waals surface area contributed by atoms with Crippen molar-refractivity contribution in [2.24, 2.45) is 40.6 Å². The van der Waals surface area contributed by atoms with Gasteiger partial charge in [0, 0.05) is 62.8 Å². The molecule has 2 rings (SSSR count). The normalized spacial score (nSPS) is 14.8. The molecule has 0 fully saturated rings. The quantitative estimate of drug-likeness (QED) is 0.154. The van der Waals surface area contributed by atoms with Gasteiger partial charge in [-0.3, -0.25) is 9.48 Å². The van der Waals surface area contributed by atoms with Crippen LogP contribution in [0.25, 0.3) is 0 Å². The number of nitrogens with one attached hydrogen (secondary N) is 1. The van der Waals surface area contributed by atoms with Crippen LogP contribution < -0.4 is 26.3 Å². The first-order valence-electron chi connectivity index (χ1n) is 16.8. The summed E-state index contributed by atoms with van der Waals surface area (Å²) in [6.07, 6.45) is 6.93. The van der Waals surface area contributed by atoms with Gasteiger partial charge in [-0.15, -0.1) is 5.10 Å². The molecular formula is C35H62N6O4. The van der Waals surface area contributed by atoms with Gasteiger partial charge in [-0.1, -0.05) is 66.2 Å². The highest BCUT2D eigenvalue weighted by Gasteiger charge is 2.30. The van der Waals surface area contributed by atoms with Crippen molar-refractivity contribution in [2.45, 2.75) is 106 Å². The van der Waals surface area contributed by atoms with E-state index in [0.717, 1.165) is 49.3 Å². The van der Waals surface area contributed by atoms with E-state index >= 15 is 0 Å². The Balaban J connectivity index is 1.99. The third kappa shape index (κ3) is 13.3. The van der Waals surface area contributed by atoms with Crippen LogP contribution in [-0.4, -0.2) is 67.0 Å². The first-order valence-corrected chi connectivity index (χ1v) is 16.8. The molecule has 0 unspecified atom stereocenters. The number of amides is 1. The number of carbonyl (C=O) groups is 1. The standard InChI is InChI=1S/C35H62N6O4/c1-10-12-28-21-41(40-39-28)23-35(6,7)22-38-34(42)29(25(4)5)20-31(37)30(36)19-27(24(2)3)17-26-13-14-32(44-9)33(18-26)45-16-11-15-43-8/h13-14,18,21,24-25,27,29-31H,10-12,15-17,19-20,22-23,36-37H2,1-9H3,(H,38,42)/t27-,29-,30-,31-/m0/s1. The summed E-state index contributed by atoms with van der Waals surface area (Å²) in [5.74, 6) is 2.14. The third-order valence-corrected chi connectivity index (χ3v) is 8.64. The second-order valence-corrected chi connectivity index (χ2v) is 14.1. The molecule has 0 aliphatic rings. The molecule has 10 heteroatoms. The van der Waals surface area contributed by atoms with Crippen LogP contribution >= 0.6 is 0 Å². The van der Waals surface area contributed by atoms with E-state index in [2.05, 4.69) is 76.2 Å². The summed E-state index contributed by atoms with van der Waals surface area (Å²) in [5, 5.41) is 11.7. The van der Waals surface area contributed by atoms with E-state index in [1.165, 1.54) is 5.56 Å². The van der Waals surface area contributed by atoms with Gasteiger partial charge in [-0.2, -0.15) is 0 Å². The molecule has 0 saturated carbocycles. The zero-order valence-electron chi connectivity index (χ0n) is 29.5. The zero-order chi connectivity index (χ0) is 33.6. The average molecular weight is 631 g/mol. The monoisotopic (exact) mass is 630 g/mol. The van der Waals surface area contributed by atoms with E-state index in [0.29, 0.717) is 44.6 Å². The second kappa shape index (κ2) is 19.1. The fourth-order valence-corrected chi connectivity index (χ4v) is 5.65. The number of nitrogens with two attached hydrogens (primary N) is 2. The number of ether oxygens (including phenoxy) is 3. The predicted octanol–water partition coefficient (Wildman–Crippen LogP) is 5.02. The zero-order valence-corrected chi connectivity index (χ0v) is 29.5. The van der Waals surface area contributed by atoms with E-state index in [4.69, 9.17) is 25.7 Å². The van der Waals surface area contributed by atoms with Crippen molar-refractivity contribution in [2.75, 3.05) is 34.0 Å². The Labute approximate surface area is 272 Å². The van der Waals surface area contributed by atoms with Gasteiger partial charge >= 0.3 is 0 Å². The molecule has 45 heavy (non-hydrogen) atoms. The number of benzene rings is 1. The summed E-state index contributed by atoms with van der Waals surface area (Å²) in [7, 11) is 3.34. The van der Waals surface area contributed by atoms with Gasteiger partial charge in [0.15, 0.2) is 11.5 Å². The molecule has 0 spiro atoms. The van der Waals surface area contributed by atoms with E-state index in [1.807, 2.05) is 16.9 Å². The minimum atomic E-state index is -0.292. The van der Waals surface area contributed by atoms with Gasteiger partial charge in [0.2, 0.25) is 5.91 Å². The Morgan fingerprint density at radius 3 is 2.36 bits per heavy atom. The van der Waals surface area contributed by atoms with Gasteiger partial charge in [-0.25, -0.2) is 0 Å². The highest BCUT2D eigenvalue weighted by molar-refractivity contribution is 5.79. The Bertz CT molecular complexity index is 1140. The maximum atomic E-state index is 13.4. The molecule has 0 aliphatic heterocycles. The minimum Gasteiger partial charge on any atom is -0.493 e. The second-order valence-electron chi connectivity index (χ2n) is 14.1. The molecule has 0 aliphatic carbocycles. The molecule has 1 aromatic carbocycles. The summed E-state index contributed by atoms with van der Waals surface area (Å²) < 4.78 is 18.5. The SMILES string of the molecule is CCCc1cn(CC(C)(C)CNC(=O)[C@@H](C[C@H](N)[C@@H](N)C[C@H](Cc2ccc(OC)c(OCCCOC)c2)C(C)C)C(C)C)nn1. The summed E-state index contributed by atoms with van der Waals surface area (Å²) in [5.41, 5.74) is 15.5. The maximum Gasteiger partial charge on any atom is 0.223 e. The van der Waals surface area contributed by atoms with Crippen molar-refractivity contribution in [1.29, 1.82) is 0 Å². The lowest BCUT2D eigenvalue weighted by Gasteiger charge is -2.31. The number of hydrogen-bond donors (Lipinski definition) is 3. The third-order valence-electron chi connectivity index (χ3n) is 8.64. The van der Waals surface area contributed by atoms with Crippen LogP contribution in [0.3, 0.4) is 0 Å². The van der Waals surface area contributed by atoms with Crippen LogP contribution in [0.2, 0.25) is 0 Å². The number of nitrogens with zero attached hydrogens (tertiary/aromatic N) is 3. The van der Waals surface area contributed by atoms with Crippen molar-refractivity contribution < 1.29 is 19.0 Å². The average Bonchev–Trinajstić information content (AvgIpc) is 3.42. The predicted molar refractivity (Wildman–Crippen MR) is 181 cm³/mol. The maximum absolute atomic E-state index is 13.4. The number of carbonyl (C=O) groups excluding carboxylic acids is 1. The molecule has 1 amide bonds. The number of aromatic nitrogens is 3. The van der Waals surface area contributed by atoms with Crippen LogP contribution in [0.4, 0.5) is 0 Å². The van der Waals surface area contributed by atoms with Crippen LogP contribution in [0, 0.1) is 29.1 Å². The smallest absolute Gasteiger partial charge is 0.223 e. The summed E-state index contributed by atoms with van der Waals surface area (Å²) in [4.78, 5) is 13.4. The van der Waals surface area contributed by atoms with Crippen LogP contribution in [0.15, 0.2) is 24.4 Å². The number of hydrogen-bond acceptors (Lipinski definition) is 8. The largest absolute Gasteiger partial charge is 0.493 e. The Hall–Kier alpha value is -2.69. The first-order chi connectivity index (χ1) is 21.3. The van der Waals surface area contributed by atoms with Gasteiger partial charge in [0.1, 0.15) is 0 Å². The number of methoxy groups -OCH3 is 2. The molecule has 0 bridgehead atoms. The van der Waals surface area contributed by atoms with Crippen molar-refractivity contribution >= 4 is 5.91 Å². The van der Waals surface area contributed by atoms with E-state index in [1.54, 1.807) is 14.2 Å². The Morgan fingerprint density at radius 1 is 1.02 bits per heavy atom. The fraction of sp³-hybridized carbons (Fsp3) is 0.743. The highest BCUT2D eigenvalue weighted by atomic mass is 16.5. The fourth-order valence-electron chi connectivity index (χ4n) is 5.65. The lowest BCUT2D eigenvalue weighted by Crippen LogP contribution is -2.48. The molecule has 5 N–H and O–H groups in total. The molecule has 1 aromatic heterocycles. The molecule has 0 saturated heterocycles. The van der Waals surface area contributed by atoms with Crippen molar-refractivity contribution in [3.8, 4) is 11.5 Å². The lowest BCUT2D eigenvalue weighted by atomic mass is 9.80. The van der Waals surface area contributed by atoms with E-state index in [9.17, 15) is 4.79 Å². The number of rotatable bonds is 22. The summed E-state index contributed by atoms with van der Waals surface area (Å²) in [6.45, 7) is 17.4. The van der Waals surface area contributed by atoms with Crippen LogP contribution in [0.5, 0.6) is 11.5 Å². The molecule has 4 atom stereocenters. The van der Waals surface area contributed by atoms with Crippen molar-refractivity contribution in [1.82, 2.24) is 20.3 Å². The lowest BCUT2D eigenvalue weighted by molar-refractivity contribution is -0.127.